The maximum atomic E-state index is 9.19. The highest BCUT2D eigenvalue weighted by Crippen LogP contribution is 2.04. The van der Waals surface area contributed by atoms with Crippen LogP contribution in [0.1, 0.15) is 33.6 Å². The Balaban J connectivity index is 3.70. The molecule has 0 aliphatic carbocycles. The van der Waals surface area contributed by atoms with Crippen molar-refractivity contribution in [2.24, 2.45) is 0 Å². The quantitative estimate of drug-likeness (QED) is 0.577. The number of allylic oxidation sites excluding steroid dienone is 1. The summed E-state index contributed by atoms with van der Waals surface area (Å²) in [6, 6.07) is 0. The summed E-state index contributed by atoms with van der Waals surface area (Å²) < 4.78 is 0. The van der Waals surface area contributed by atoms with Gasteiger partial charge in [0, 0.05) is 0 Å². The molecule has 0 aromatic heterocycles. The predicted octanol–water partition coefficient (Wildman–Crippen LogP) is 2.11. The fourth-order valence-corrected chi connectivity index (χ4v) is 0.780. The van der Waals surface area contributed by atoms with Crippen molar-refractivity contribution in [3.63, 3.8) is 0 Å². The second-order valence-corrected chi connectivity index (χ2v) is 2.28. The van der Waals surface area contributed by atoms with Crippen molar-refractivity contribution in [2.75, 3.05) is 0 Å². The molecule has 1 nitrogen and oxygen atoms in total. The number of aliphatic hydroxyl groups is 1. The highest BCUT2D eigenvalue weighted by molar-refractivity contribution is 5.03. The van der Waals surface area contributed by atoms with Crippen LogP contribution in [0.25, 0.3) is 0 Å². The van der Waals surface area contributed by atoms with Crippen LogP contribution in [0.3, 0.4) is 0 Å². The van der Waals surface area contributed by atoms with E-state index in [1.54, 1.807) is 0 Å². The molecule has 0 aliphatic heterocycles. The normalized spacial score (nSPS) is 15.8. The molecule has 0 aromatic carbocycles. The van der Waals surface area contributed by atoms with Gasteiger partial charge in [-0.3, -0.25) is 0 Å². The highest BCUT2D eigenvalue weighted by Gasteiger charge is 1.99. The van der Waals surface area contributed by atoms with Crippen molar-refractivity contribution in [2.45, 2.75) is 39.7 Å². The van der Waals surface area contributed by atoms with E-state index in [9.17, 15) is 5.11 Å². The van der Waals surface area contributed by atoms with Gasteiger partial charge in [-0.1, -0.05) is 19.9 Å². The first kappa shape index (κ1) is 8.70. The molecular formula is C8H16O. The molecular weight excluding hydrogens is 112 g/mol. The van der Waals surface area contributed by atoms with Crippen LogP contribution in [0.4, 0.5) is 0 Å². The SMILES string of the molecule is CC/C=C(\C)C(O)CC. The Bertz CT molecular complexity index is 94.7. The van der Waals surface area contributed by atoms with E-state index in [0.717, 1.165) is 18.4 Å². The van der Waals surface area contributed by atoms with Crippen LogP contribution < -0.4 is 0 Å². The molecule has 9 heavy (non-hydrogen) atoms. The molecule has 0 saturated carbocycles. The predicted molar refractivity (Wildman–Crippen MR) is 40.3 cm³/mol. The number of rotatable bonds is 3. The molecule has 1 N–H and O–H groups in total. The second kappa shape index (κ2) is 4.57. The Labute approximate surface area is 57.4 Å². The molecule has 0 aromatic rings. The van der Waals surface area contributed by atoms with Crippen LogP contribution in [0, 0.1) is 0 Å². The Morgan fingerprint density at radius 3 is 2.44 bits per heavy atom. The summed E-state index contributed by atoms with van der Waals surface area (Å²) in [5, 5.41) is 9.19. The third-order valence-electron chi connectivity index (χ3n) is 1.44. The smallest absolute Gasteiger partial charge is 0.0744 e. The van der Waals surface area contributed by atoms with E-state index in [-0.39, 0.29) is 6.10 Å². The standard InChI is InChI=1S/C8H16O/c1-4-6-7(3)8(9)5-2/h6,8-9H,4-5H2,1-3H3/b7-6+. The van der Waals surface area contributed by atoms with Crippen LogP contribution in [0.15, 0.2) is 11.6 Å². The molecule has 0 radical (unpaired) electrons. The molecule has 0 aliphatic rings. The zero-order chi connectivity index (χ0) is 7.28. The van der Waals surface area contributed by atoms with Crippen LogP contribution in [-0.2, 0) is 0 Å². The summed E-state index contributed by atoms with van der Waals surface area (Å²) >= 11 is 0. The Morgan fingerprint density at radius 2 is 2.11 bits per heavy atom. The van der Waals surface area contributed by atoms with E-state index in [0.29, 0.717) is 0 Å². The molecule has 0 rings (SSSR count). The van der Waals surface area contributed by atoms with Gasteiger partial charge in [0.15, 0.2) is 0 Å². The lowest BCUT2D eigenvalue weighted by atomic mass is 10.1. The largest absolute Gasteiger partial charge is 0.389 e. The third-order valence-corrected chi connectivity index (χ3v) is 1.44. The van der Waals surface area contributed by atoms with E-state index in [1.165, 1.54) is 0 Å². The van der Waals surface area contributed by atoms with Gasteiger partial charge < -0.3 is 5.11 Å². The molecule has 0 fully saturated rings. The summed E-state index contributed by atoms with van der Waals surface area (Å²) in [6.07, 6.45) is 3.68. The Kier molecular flexibility index (Phi) is 4.41. The first-order valence-electron chi connectivity index (χ1n) is 3.57. The zero-order valence-electron chi connectivity index (χ0n) is 6.52. The minimum Gasteiger partial charge on any atom is -0.389 e. The summed E-state index contributed by atoms with van der Waals surface area (Å²) in [4.78, 5) is 0. The monoisotopic (exact) mass is 128 g/mol. The number of hydrogen-bond donors (Lipinski definition) is 1. The van der Waals surface area contributed by atoms with Gasteiger partial charge in [-0.05, 0) is 25.3 Å². The van der Waals surface area contributed by atoms with E-state index in [2.05, 4.69) is 13.0 Å². The van der Waals surface area contributed by atoms with Gasteiger partial charge in [-0.15, -0.1) is 0 Å². The van der Waals surface area contributed by atoms with Gasteiger partial charge >= 0.3 is 0 Å². The van der Waals surface area contributed by atoms with Gasteiger partial charge in [-0.2, -0.15) is 0 Å². The second-order valence-electron chi connectivity index (χ2n) is 2.28. The molecule has 1 heteroatoms. The van der Waals surface area contributed by atoms with E-state index >= 15 is 0 Å². The topological polar surface area (TPSA) is 20.2 Å². The molecule has 1 unspecified atom stereocenters. The van der Waals surface area contributed by atoms with E-state index in [4.69, 9.17) is 0 Å². The summed E-state index contributed by atoms with van der Waals surface area (Å²) in [6.45, 7) is 6.03. The average molecular weight is 128 g/mol. The molecule has 0 bridgehead atoms. The van der Waals surface area contributed by atoms with Crippen molar-refractivity contribution < 1.29 is 5.11 Å². The fraction of sp³-hybridized carbons (Fsp3) is 0.750. The Hall–Kier alpha value is -0.300. The fourth-order valence-electron chi connectivity index (χ4n) is 0.780. The summed E-state index contributed by atoms with van der Waals surface area (Å²) in [5.74, 6) is 0. The Morgan fingerprint density at radius 1 is 1.56 bits per heavy atom. The maximum Gasteiger partial charge on any atom is 0.0744 e. The van der Waals surface area contributed by atoms with E-state index in [1.807, 2.05) is 13.8 Å². The van der Waals surface area contributed by atoms with Gasteiger partial charge in [0.25, 0.3) is 0 Å². The average Bonchev–Trinajstić information content (AvgIpc) is 1.87. The first-order valence-corrected chi connectivity index (χ1v) is 3.57. The molecule has 0 amide bonds. The third kappa shape index (κ3) is 3.31. The maximum absolute atomic E-state index is 9.19. The first-order chi connectivity index (χ1) is 4.22. The van der Waals surface area contributed by atoms with Gasteiger partial charge in [0.2, 0.25) is 0 Å². The molecule has 0 saturated heterocycles. The van der Waals surface area contributed by atoms with Crippen molar-refractivity contribution in [1.82, 2.24) is 0 Å². The number of hydrogen-bond acceptors (Lipinski definition) is 1. The van der Waals surface area contributed by atoms with Crippen LogP contribution in [0.5, 0.6) is 0 Å². The molecule has 0 spiro atoms. The zero-order valence-corrected chi connectivity index (χ0v) is 6.52. The summed E-state index contributed by atoms with van der Waals surface area (Å²) in [7, 11) is 0. The molecule has 1 atom stereocenters. The van der Waals surface area contributed by atoms with Crippen molar-refractivity contribution in [3.8, 4) is 0 Å². The lowest BCUT2D eigenvalue weighted by Gasteiger charge is -2.06. The number of aliphatic hydroxyl groups excluding tert-OH is 1. The van der Waals surface area contributed by atoms with Crippen molar-refractivity contribution in [1.29, 1.82) is 0 Å². The van der Waals surface area contributed by atoms with E-state index < -0.39 is 0 Å². The molecule has 0 heterocycles. The highest BCUT2D eigenvalue weighted by atomic mass is 16.3. The minimum atomic E-state index is -0.218. The lowest BCUT2D eigenvalue weighted by molar-refractivity contribution is 0.206. The summed E-state index contributed by atoms with van der Waals surface area (Å²) in [5.41, 5.74) is 1.10. The van der Waals surface area contributed by atoms with Crippen LogP contribution in [-0.4, -0.2) is 11.2 Å². The lowest BCUT2D eigenvalue weighted by Crippen LogP contribution is -2.05. The van der Waals surface area contributed by atoms with Gasteiger partial charge in [0.05, 0.1) is 6.10 Å². The minimum absolute atomic E-state index is 0.218. The van der Waals surface area contributed by atoms with Gasteiger partial charge in [0.1, 0.15) is 0 Å². The van der Waals surface area contributed by atoms with Crippen LogP contribution in [0.2, 0.25) is 0 Å². The van der Waals surface area contributed by atoms with Crippen molar-refractivity contribution in [3.05, 3.63) is 11.6 Å². The van der Waals surface area contributed by atoms with Crippen molar-refractivity contribution >= 4 is 0 Å². The molecule has 54 valence electrons. The van der Waals surface area contributed by atoms with Crippen LogP contribution >= 0.6 is 0 Å². The van der Waals surface area contributed by atoms with Gasteiger partial charge in [-0.25, -0.2) is 0 Å².